The average molecular weight is 355 g/mol. The molecular formula is C19H19ClN4O. The van der Waals surface area contributed by atoms with E-state index in [0.29, 0.717) is 23.7 Å². The maximum atomic E-state index is 12.6. The number of para-hydroxylation sites is 2. The van der Waals surface area contributed by atoms with Crippen LogP contribution in [-0.4, -0.2) is 51.9 Å². The standard InChI is InChI=1S/C19H19ClN4O/c20-15-5-3-4-14(12-15)19(25)24-10-8-23(9-11-24)13-18-21-16-6-1-2-7-17(16)22-18/h1-7,12H,8-11,13H2,(H,21,22). The van der Waals surface area contributed by atoms with Crippen LogP contribution in [0.25, 0.3) is 11.0 Å². The van der Waals surface area contributed by atoms with Crippen LogP contribution >= 0.6 is 11.6 Å². The van der Waals surface area contributed by atoms with Gasteiger partial charge in [-0.2, -0.15) is 0 Å². The number of fused-ring (bicyclic) bond motifs is 1. The van der Waals surface area contributed by atoms with Gasteiger partial charge in [0, 0.05) is 36.8 Å². The van der Waals surface area contributed by atoms with Crippen LogP contribution in [0.5, 0.6) is 0 Å². The fourth-order valence-corrected chi connectivity index (χ4v) is 3.40. The number of aromatic nitrogens is 2. The lowest BCUT2D eigenvalue weighted by atomic mass is 10.2. The van der Waals surface area contributed by atoms with Gasteiger partial charge in [-0.15, -0.1) is 0 Å². The molecule has 3 aromatic rings. The Balaban J connectivity index is 1.37. The molecule has 2 aromatic carbocycles. The number of piperazine rings is 1. The van der Waals surface area contributed by atoms with E-state index >= 15 is 0 Å². The van der Waals surface area contributed by atoms with E-state index in [4.69, 9.17) is 11.6 Å². The average Bonchev–Trinajstić information content (AvgIpc) is 3.04. The minimum Gasteiger partial charge on any atom is -0.341 e. The van der Waals surface area contributed by atoms with E-state index in [9.17, 15) is 4.79 Å². The SMILES string of the molecule is O=C(c1cccc(Cl)c1)N1CCN(Cc2nc3ccccc3[nH]2)CC1. The van der Waals surface area contributed by atoms with Crippen LogP contribution in [0, 0.1) is 0 Å². The highest BCUT2D eigenvalue weighted by Crippen LogP contribution is 2.16. The molecular weight excluding hydrogens is 336 g/mol. The lowest BCUT2D eigenvalue weighted by Crippen LogP contribution is -2.48. The largest absolute Gasteiger partial charge is 0.341 e. The van der Waals surface area contributed by atoms with Crippen LogP contribution in [0.4, 0.5) is 0 Å². The molecule has 128 valence electrons. The molecule has 0 radical (unpaired) electrons. The zero-order valence-electron chi connectivity index (χ0n) is 13.8. The van der Waals surface area contributed by atoms with Crippen LogP contribution in [0.3, 0.4) is 0 Å². The summed E-state index contributed by atoms with van der Waals surface area (Å²) in [5, 5.41) is 0.592. The van der Waals surface area contributed by atoms with E-state index in [2.05, 4.69) is 14.9 Å². The van der Waals surface area contributed by atoms with Gasteiger partial charge in [0.05, 0.1) is 17.6 Å². The lowest BCUT2D eigenvalue weighted by molar-refractivity contribution is 0.0626. The Kier molecular flexibility index (Phi) is 4.42. The molecule has 0 spiro atoms. The van der Waals surface area contributed by atoms with E-state index in [-0.39, 0.29) is 5.91 Å². The summed E-state index contributed by atoms with van der Waals surface area (Å²) in [7, 11) is 0. The molecule has 1 aliphatic rings. The van der Waals surface area contributed by atoms with Gasteiger partial charge in [0.2, 0.25) is 0 Å². The number of carbonyl (C=O) groups is 1. The van der Waals surface area contributed by atoms with Crippen molar-refractivity contribution < 1.29 is 4.79 Å². The summed E-state index contributed by atoms with van der Waals surface area (Å²) in [4.78, 5) is 24.8. The summed E-state index contributed by atoms with van der Waals surface area (Å²) < 4.78 is 0. The van der Waals surface area contributed by atoms with Gasteiger partial charge in [0.25, 0.3) is 5.91 Å². The number of imidazole rings is 1. The van der Waals surface area contributed by atoms with Gasteiger partial charge >= 0.3 is 0 Å². The lowest BCUT2D eigenvalue weighted by Gasteiger charge is -2.34. The Bertz CT molecular complexity index is 866. The minimum absolute atomic E-state index is 0.0471. The number of hydrogen-bond donors (Lipinski definition) is 1. The number of rotatable bonds is 3. The predicted molar refractivity (Wildman–Crippen MR) is 98.7 cm³/mol. The first-order valence-electron chi connectivity index (χ1n) is 8.40. The molecule has 1 aliphatic heterocycles. The second kappa shape index (κ2) is 6.86. The first-order valence-corrected chi connectivity index (χ1v) is 8.78. The molecule has 2 heterocycles. The third kappa shape index (κ3) is 3.52. The molecule has 1 fully saturated rings. The van der Waals surface area contributed by atoms with Crippen molar-refractivity contribution in [1.82, 2.24) is 19.8 Å². The highest BCUT2D eigenvalue weighted by atomic mass is 35.5. The zero-order chi connectivity index (χ0) is 17.2. The van der Waals surface area contributed by atoms with Crippen molar-refractivity contribution in [3.63, 3.8) is 0 Å². The van der Waals surface area contributed by atoms with E-state index in [1.807, 2.05) is 41.3 Å². The third-order valence-electron chi connectivity index (χ3n) is 4.54. The maximum absolute atomic E-state index is 12.6. The quantitative estimate of drug-likeness (QED) is 0.786. The molecule has 0 saturated carbocycles. The fraction of sp³-hybridized carbons (Fsp3) is 0.263. The Morgan fingerprint density at radius 1 is 1.08 bits per heavy atom. The Morgan fingerprint density at radius 3 is 2.64 bits per heavy atom. The fourth-order valence-electron chi connectivity index (χ4n) is 3.21. The topological polar surface area (TPSA) is 52.2 Å². The molecule has 25 heavy (non-hydrogen) atoms. The number of H-pyrrole nitrogens is 1. The third-order valence-corrected chi connectivity index (χ3v) is 4.78. The van der Waals surface area contributed by atoms with Crippen LogP contribution in [0.1, 0.15) is 16.2 Å². The molecule has 1 amide bonds. The second-order valence-electron chi connectivity index (χ2n) is 6.28. The molecule has 0 unspecified atom stereocenters. The molecule has 0 bridgehead atoms. The van der Waals surface area contributed by atoms with Crippen molar-refractivity contribution in [2.45, 2.75) is 6.54 Å². The summed E-state index contributed by atoms with van der Waals surface area (Å²) >= 11 is 5.99. The second-order valence-corrected chi connectivity index (χ2v) is 6.72. The first-order chi connectivity index (χ1) is 12.2. The number of carbonyl (C=O) groups excluding carboxylic acids is 1. The van der Waals surface area contributed by atoms with Crippen molar-refractivity contribution in [3.8, 4) is 0 Å². The molecule has 0 atom stereocenters. The molecule has 0 aliphatic carbocycles. The first kappa shape index (κ1) is 16.1. The van der Waals surface area contributed by atoms with Crippen molar-refractivity contribution >= 4 is 28.5 Å². The highest BCUT2D eigenvalue weighted by molar-refractivity contribution is 6.30. The summed E-state index contributed by atoms with van der Waals surface area (Å²) in [6, 6.07) is 15.2. The van der Waals surface area contributed by atoms with Gasteiger partial charge in [0.1, 0.15) is 5.82 Å². The Hall–Kier alpha value is -2.37. The number of amides is 1. The number of benzene rings is 2. The Morgan fingerprint density at radius 2 is 1.88 bits per heavy atom. The highest BCUT2D eigenvalue weighted by Gasteiger charge is 2.22. The van der Waals surface area contributed by atoms with Crippen LogP contribution in [0.2, 0.25) is 5.02 Å². The number of nitrogens with zero attached hydrogens (tertiary/aromatic N) is 3. The molecule has 6 heteroatoms. The van der Waals surface area contributed by atoms with Crippen molar-refractivity contribution in [2.75, 3.05) is 26.2 Å². The van der Waals surface area contributed by atoms with E-state index in [0.717, 1.165) is 36.5 Å². The number of halogens is 1. The molecule has 1 saturated heterocycles. The van der Waals surface area contributed by atoms with Crippen LogP contribution in [-0.2, 0) is 6.54 Å². The normalized spacial score (nSPS) is 15.6. The number of aromatic amines is 1. The van der Waals surface area contributed by atoms with Crippen molar-refractivity contribution in [2.24, 2.45) is 0 Å². The predicted octanol–water partition coefficient (Wildman–Crippen LogP) is 3.17. The minimum atomic E-state index is 0.0471. The van der Waals surface area contributed by atoms with Gasteiger partial charge in [-0.3, -0.25) is 9.69 Å². The summed E-state index contributed by atoms with van der Waals surface area (Å²) in [5.41, 5.74) is 2.71. The maximum Gasteiger partial charge on any atom is 0.253 e. The smallest absolute Gasteiger partial charge is 0.253 e. The van der Waals surface area contributed by atoms with Gasteiger partial charge in [-0.25, -0.2) is 4.98 Å². The summed E-state index contributed by atoms with van der Waals surface area (Å²) in [6.07, 6.45) is 0. The Labute approximate surface area is 151 Å². The van der Waals surface area contributed by atoms with E-state index < -0.39 is 0 Å². The number of hydrogen-bond acceptors (Lipinski definition) is 3. The van der Waals surface area contributed by atoms with Gasteiger partial charge in [0.15, 0.2) is 0 Å². The van der Waals surface area contributed by atoms with Gasteiger partial charge in [-0.1, -0.05) is 29.8 Å². The molecule has 5 nitrogen and oxygen atoms in total. The van der Waals surface area contributed by atoms with Crippen LogP contribution in [0.15, 0.2) is 48.5 Å². The number of nitrogens with one attached hydrogen (secondary N) is 1. The molecule has 4 rings (SSSR count). The van der Waals surface area contributed by atoms with Crippen molar-refractivity contribution in [1.29, 1.82) is 0 Å². The summed E-state index contributed by atoms with van der Waals surface area (Å²) in [6.45, 7) is 3.87. The van der Waals surface area contributed by atoms with Gasteiger partial charge < -0.3 is 9.88 Å². The van der Waals surface area contributed by atoms with E-state index in [1.54, 1.807) is 12.1 Å². The van der Waals surface area contributed by atoms with E-state index in [1.165, 1.54) is 0 Å². The van der Waals surface area contributed by atoms with Crippen LogP contribution < -0.4 is 0 Å². The molecule has 1 N–H and O–H groups in total. The van der Waals surface area contributed by atoms with Gasteiger partial charge in [-0.05, 0) is 30.3 Å². The monoisotopic (exact) mass is 354 g/mol. The zero-order valence-corrected chi connectivity index (χ0v) is 14.5. The molecule has 1 aromatic heterocycles. The summed E-state index contributed by atoms with van der Waals surface area (Å²) in [5.74, 6) is 1.02. The van der Waals surface area contributed by atoms with Crippen molar-refractivity contribution in [3.05, 3.63) is 64.9 Å².